The van der Waals surface area contributed by atoms with Gasteiger partial charge in [0, 0.05) is 15.6 Å². The normalized spacial score (nSPS) is 18.2. The van der Waals surface area contributed by atoms with E-state index < -0.39 is 0 Å². The lowest BCUT2D eigenvalue weighted by Gasteiger charge is -2.12. The fourth-order valence-corrected chi connectivity index (χ4v) is 3.46. The lowest BCUT2D eigenvalue weighted by atomic mass is 10.1. The van der Waals surface area contributed by atoms with Crippen molar-refractivity contribution in [3.8, 4) is 0 Å². The summed E-state index contributed by atoms with van der Waals surface area (Å²) in [5.74, 6) is 0.878. The fourth-order valence-electron chi connectivity index (χ4n) is 2.20. The Labute approximate surface area is 94.1 Å². The fraction of sp³-hybridized carbons (Fsp3) is 0.385. The molecule has 1 aliphatic rings. The van der Waals surface area contributed by atoms with Crippen LogP contribution < -0.4 is 5.32 Å². The molecule has 1 atom stereocenters. The smallest absolute Gasteiger partial charge is 0.0441 e. The van der Waals surface area contributed by atoms with E-state index in [0.717, 1.165) is 5.92 Å². The van der Waals surface area contributed by atoms with Crippen LogP contribution in [0.15, 0.2) is 30.3 Å². The lowest BCUT2D eigenvalue weighted by Crippen LogP contribution is -2.16. The molecule has 0 saturated heterocycles. The second-order valence-corrected chi connectivity index (χ2v) is 5.41. The summed E-state index contributed by atoms with van der Waals surface area (Å²) in [6.07, 6.45) is 2.78. The summed E-state index contributed by atoms with van der Waals surface area (Å²) >= 11 is 1.94. The molecule has 1 aromatic heterocycles. The van der Waals surface area contributed by atoms with E-state index in [1.54, 1.807) is 0 Å². The second-order valence-electron chi connectivity index (χ2n) is 4.29. The zero-order chi connectivity index (χ0) is 10.3. The minimum absolute atomic E-state index is 0.586. The molecule has 1 unspecified atom stereocenters. The van der Waals surface area contributed by atoms with E-state index in [1.807, 2.05) is 11.3 Å². The molecule has 1 saturated carbocycles. The van der Waals surface area contributed by atoms with Crippen LogP contribution in [0, 0.1) is 5.92 Å². The first-order chi connectivity index (χ1) is 7.38. The van der Waals surface area contributed by atoms with E-state index in [1.165, 1.54) is 27.8 Å². The molecule has 1 aliphatic carbocycles. The molecule has 2 aromatic rings. The van der Waals surface area contributed by atoms with Crippen LogP contribution >= 0.6 is 11.3 Å². The van der Waals surface area contributed by atoms with E-state index in [2.05, 4.69) is 42.7 Å². The standard InChI is InChI=1S/C13H15NS/c1-14-13(9-6-7-9)12-8-10-4-2-3-5-11(10)15-12/h2-5,8-9,13-14H,6-7H2,1H3. The summed E-state index contributed by atoms with van der Waals surface area (Å²) in [6, 6.07) is 11.6. The lowest BCUT2D eigenvalue weighted by molar-refractivity contribution is 0.538. The number of benzene rings is 1. The molecule has 78 valence electrons. The Balaban J connectivity index is 2.02. The number of hydrogen-bond donors (Lipinski definition) is 1. The van der Waals surface area contributed by atoms with Crippen LogP contribution in [0.2, 0.25) is 0 Å². The van der Waals surface area contributed by atoms with E-state index in [-0.39, 0.29) is 0 Å². The summed E-state index contributed by atoms with van der Waals surface area (Å²) in [7, 11) is 2.08. The molecule has 1 N–H and O–H groups in total. The molecule has 1 heterocycles. The van der Waals surface area contributed by atoms with Gasteiger partial charge in [0.05, 0.1) is 0 Å². The molecule has 3 rings (SSSR count). The third kappa shape index (κ3) is 1.68. The number of hydrogen-bond acceptors (Lipinski definition) is 2. The van der Waals surface area contributed by atoms with Crippen molar-refractivity contribution in [3.05, 3.63) is 35.2 Å². The van der Waals surface area contributed by atoms with Crippen LogP contribution in [-0.4, -0.2) is 7.05 Å². The van der Waals surface area contributed by atoms with Gasteiger partial charge in [0.25, 0.3) is 0 Å². The monoisotopic (exact) mass is 217 g/mol. The molecule has 15 heavy (non-hydrogen) atoms. The molecular weight excluding hydrogens is 202 g/mol. The number of nitrogens with one attached hydrogen (secondary N) is 1. The summed E-state index contributed by atoms with van der Waals surface area (Å²) < 4.78 is 1.41. The van der Waals surface area contributed by atoms with Crippen LogP contribution in [0.5, 0.6) is 0 Å². The Hall–Kier alpha value is -0.860. The third-order valence-corrected chi connectivity index (χ3v) is 4.35. The first-order valence-electron chi connectivity index (χ1n) is 5.54. The van der Waals surface area contributed by atoms with Crippen molar-refractivity contribution in [2.75, 3.05) is 7.05 Å². The van der Waals surface area contributed by atoms with Gasteiger partial charge < -0.3 is 5.32 Å². The van der Waals surface area contributed by atoms with Gasteiger partial charge in [-0.1, -0.05) is 18.2 Å². The van der Waals surface area contributed by atoms with Gasteiger partial charge in [0.1, 0.15) is 0 Å². The predicted molar refractivity (Wildman–Crippen MR) is 66.3 cm³/mol. The van der Waals surface area contributed by atoms with Crippen molar-refractivity contribution < 1.29 is 0 Å². The highest BCUT2D eigenvalue weighted by Gasteiger charge is 2.32. The van der Waals surface area contributed by atoms with E-state index in [9.17, 15) is 0 Å². The molecular formula is C13H15NS. The Morgan fingerprint density at radius 2 is 2.13 bits per heavy atom. The Kier molecular flexibility index (Phi) is 2.26. The van der Waals surface area contributed by atoms with Crippen LogP contribution in [0.25, 0.3) is 10.1 Å². The summed E-state index contributed by atoms with van der Waals surface area (Å²) in [5, 5.41) is 4.84. The largest absolute Gasteiger partial charge is 0.312 e. The van der Waals surface area contributed by atoms with Crippen LogP contribution in [-0.2, 0) is 0 Å². The molecule has 1 aromatic carbocycles. The SMILES string of the molecule is CNC(c1cc2ccccc2s1)C1CC1. The first kappa shape index (κ1) is 9.37. The molecule has 0 spiro atoms. The topological polar surface area (TPSA) is 12.0 Å². The minimum Gasteiger partial charge on any atom is -0.312 e. The first-order valence-corrected chi connectivity index (χ1v) is 6.36. The van der Waals surface area contributed by atoms with E-state index >= 15 is 0 Å². The highest BCUT2D eigenvalue weighted by Crippen LogP contribution is 2.43. The van der Waals surface area contributed by atoms with Gasteiger partial charge in [-0.3, -0.25) is 0 Å². The summed E-state index contributed by atoms with van der Waals surface area (Å²) in [4.78, 5) is 1.50. The maximum atomic E-state index is 3.45. The molecule has 0 bridgehead atoms. The summed E-state index contributed by atoms with van der Waals surface area (Å²) in [6.45, 7) is 0. The minimum atomic E-state index is 0.586. The Morgan fingerprint density at radius 3 is 2.80 bits per heavy atom. The molecule has 0 radical (unpaired) electrons. The van der Waals surface area contributed by atoms with Gasteiger partial charge in [-0.05, 0) is 43.3 Å². The Bertz CT molecular complexity index is 437. The van der Waals surface area contributed by atoms with E-state index in [0.29, 0.717) is 6.04 Å². The maximum Gasteiger partial charge on any atom is 0.0441 e. The van der Waals surface area contributed by atoms with Crippen LogP contribution in [0.1, 0.15) is 23.8 Å². The second kappa shape index (κ2) is 3.62. The zero-order valence-corrected chi connectivity index (χ0v) is 9.68. The highest BCUT2D eigenvalue weighted by atomic mass is 32.1. The van der Waals surface area contributed by atoms with Gasteiger partial charge in [0.15, 0.2) is 0 Å². The highest BCUT2D eigenvalue weighted by molar-refractivity contribution is 7.19. The van der Waals surface area contributed by atoms with Crippen LogP contribution in [0.3, 0.4) is 0 Å². The molecule has 1 nitrogen and oxygen atoms in total. The van der Waals surface area contributed by atoms with E-state index in [4.69, 9.17) is 0 Å². The average Bonchev–Trinajstić information content (AvgIpc) is 2.99. The van der Waals surface area contributed by atoms with Crippen molar-refractivity contribution in [3.63, 3.8) is 0 Å². The predicted octanol–water partition coefficient (Wildman–Crippen LogP) is 3.57. The van der Waals surface area contributed by atoms with Gasteiger partial charge in [-0.25, -0.2) is 0 Å². The van der Waals surface area contributed by atoms with Crippen molar-refractivity contribution in [2.45, 2.75) is 18.9 Å². The molecule has 0 amide bonds. The van der Waals surface area contributed by atoms with Gasteiger partial charge in [-0.15, -0.1) is 11.3 Å². The van der Waals surface area contributed by atoms with Crippen molar-refractivity contribution in [1.29, 1.82) is 0 Å². The summed E-state index contributed by atoms with van der Waals surface area (Å²) in [5.41, 5.74) is 0. The van der Waals surface area contributed by atoms with Gasteiger partial charge >= 0.3 is 0 Å². The van der Waals surface area contributed by atoms with Crippen LogP contribution in [0.4, 0.5) is 0 Å². The third-order valence-electron chi connectivity index (χ3n) is 3.16. The van der Waals surface area contributed by atoms with Crippen molar-refractivity contribution in [1.82, 2.24) is 5.32 Å². The molecule has 2 heteroatoms. The number of thiophene rings is 1. The number of rotatable bonds is 3. The van der Waals surface area contributed by atoms with Gasteiger partial charge in [-0.2, -0.15) is 0 Å². The number of fused-ring (bicyclic) bond motifs is 1. The zero-order valence-electron chi connectivity index (χ0n) is 8.86. The van der Waals surface area contributed by atoms with Crippen molar-refractivity contribution in [2.24, 2.45) is 5.92 Å². The maximum absolute atomic E-state index is 3.45. The van der Waals surface area contributed by atoms with Crippen molar-refractivity contribution >= 4 is 21.4 Å². The quantitative estimate of drug-likeness (QED) is 0.828. The Morgan fingerprint density at radius 1 is 1.33 bits per heavy atom. The molecule has 0 aliphatic heterocycles. The average molecular weight is 217 g/mol. The molecule has 1 fully saturated rings. The van der Waals surface area contributed by atoms with Gasteiger partial charge in [0.2, 0.25) is 0 Å².